The van der Waals surface area contributed by atoms with E-state index in [1.807, 2.05) is 6.07 Å². The van der Waals surface area contributed by atoms with Gasteiger partial charge in [-0.25, -0.2) is 4.99 Å². The van der Waals surface area contributed by atoms with Crippen LogP contribution in [-0.4, -0.2) is 33.2 Å². The van der Waals surface area contributed by atoms with E-state index >= 15 is 0 Å². The van der Waals surface area contributed by atoms with E-state index in [0.29, 0.717) is 6.42 Å². The van der Waals surface area contributed by atoms with Crippen molar-refractivity contribution in [3.8, 4) is 0 Å². The van der Waals surface area contributed by atoms with E-state index in [9.17, 15) is 5.11 Å². The van der Waals surface area contributed by atoms with Crippen molar-refractivity contribution in [2.45, 2.75) is 25.1 Å². The number of fused-ring (bicyclic) bond motifs is 1. The lowest BCUT2D eigenvalue weighted by atomic mass is 9.95. The Morgan fingerprint density at radius 3 is 2.94 bits per heavy atom. The second kappa shape index (κ2) is 4.03. The van der Waals surface area contributed by atoms with Crippen LogP contribution in [0.3, 0.4) is 0 Å². The van der Waals surface area contributed by atoms with Gasteiger partial charge in [0.2, 0.25) is 0 Å². The quantitative estimate of drug-likeness (QED) is 0.828. The van der Waals surface area contributed by atoms with E-state index in [-0.39, 0.29) is 6.04 Å². The number of amidine groups is 1. The van der Waals surface area contributed by atoms with Crippen molar-refractivity contribution in [1.82, 2.24) is 4.90 Å². The average Bonchev–Trinajstić information content (AvgIpc) is 2.75. The molecule has 0 bridgehead atoms. The molecule has 17 heavy (non-hydrogen) atoms. The summed E-state index contributed by atoms with van der Waals surface area (Å²) in [6, 6.07) is 10.7. The zero-order valence-corrected chi connectivity index (χ0v) is 10.7. The first-order valence-corrected chi connectivity index (χ1v) is 6.91. The monoisotopic (exact) mass is 248 g/mol. The molecule has 1 saturated heterocycles. The molecule has 0 saturated carbocycles. The summed E-state index contributed by atoms with van der Waals surface area (Å²) in [4.78, 5) is 6.73. The molecule has 2 aliphatic heterocycles. The molecule has 0 spiro atoms. The van der Waals surface area contributed by atoms with Gasteiger partial charge in [-0.1, -0.05) is 42.1 Å². The van der Waals surface area contributed by atoms with Crippen LogP contribution in [0.4, 0.5) is 0 Å². The lowest BCUT2D eigenvalue weighted by Gasteiger charge is -2.38. The SMILES string of the molecule is C[C@@]1(O)C[C@@H](c2ccccc2)N2CCSC2=N1. The van der Waals surface area contributed by atoms with Crippen molar-refractivity contribution in [3.63, 3.8) is 0 Å². The predicted molar refractivity (Wildman–Crippen MR) is 71.0 cm³/mol. The van der Waals surface area contributed by atoms with E-state index in [2.05, 4.69) is 34.2 Å². The Morgan fingerprint density at radius 1 is 1.41 bits per heavy atom. The van der Waals surface area contributed by atoms with Crippen LogP contribution < -0.4 is 0 Å². The molecule has 0 aliphatic carbocycles. The Kier molecular flexibility index (Phi) is 2.64. The summed E-state index contributed by atoms with van der Waals surface area (Å²) in [5.41, 5.74) is 0.339. The van der Waals surface area contributed by atoms with Crippen molar-refractivity contribution in [1.29, 1.82) is 0 Å². The number of benzene rings is 1. The fraction of sp³-hybridized carbons (Fsp3) is 0.462. The summed E-state index contributed by atoms with van der Waals surface area (Å²) < 4.78 is 0. The minimum absolute atomic E-state index is 0.258. The summed E-state index contributed by atoms with van der Waals surface area (Å²) >= 11 is 1.74. The van der Waals surface area contributed by atoms with Crippen LogP contribution in [0.1, 0.15) is 24.9 Å². The highest BCUT2D eigenvalue weighted by Crippen LogP contribution is 2.39. The van der Waals surface area contributed by atoms with Gasteiger partial charge >= 0.3 is 0 Å². The molecule has 1 aromatic carbocycles. The fourth-order valence-electron chi connectivity index (χ4n) is 2.50. The molecule has 0 radical (unpaired) electrons. The van der Waals surface area contributed by atoms with Gasteiger partial charge in [-0.05, 0) is 12.5 Å². The maximum Gasteiger partial charge on any atom is 0.162 e. The third-order valence-electron chi connectivity index (χ3n) is 3.29. The molecule has 3 nitrogen and oxygen atoms in total. The van der Waals surface area contributed by atoms with Gasteiger partial charge in [-0.2, -0.15) is 0 Å². The molecular weight excluding hydrogens is 232 g/mol. The number of aliphatic imine (C=N–C) groups is 1. The number of aliphatic hydroxyl groups is 1. The van der Waals surface area contributed by atoms with Gasteiger partial charge in [-0.15, -0.1) is 0 Å². The first-order valence-electron chi connectivity index (χ1n) is 5.92. The zero-order valence-electron chi connectivity index (χ0n) is 9.84. The summed E-state index contributed by atoms with van der Waals surface area (Å²) in [6.07, 6.45) is 0.668. The van der Waals surface area contributed by atoms with Gasteiger partial charge < -0.3 is 10.0 Å². The maximum atomic E-state index is 10.2. The minimum atomic E-state index is -0.927. The highest BCUT2D eigenvalue weighted by Gasteiger charge is 2.39. The van der Waals surface area contributed by atoms with Crippen LogP contribution in [0.15, 0.2) is 35.3 Å². The van der Waals surface area contributed by atoms with Gasteiger partial charge in [0.15, 0.2) is 10.9 Å². The smallest absolute Gasteiger partial charge is 0.162 e. The number of hydrogen-bond acceptors (Lipinski definition) is 4. The molecule has 3 rings (SSSR count). The molecule has 2 heterocycles. The van der Waals surface area contributed by atoms with E-state index < -0.39 is 5.72 Å². The number of rotatable bonds is 1. The van der Waals surface area contributed by atoms with Crippen molar-refractivity contribution >= 4 is 16.9 Å². The second-order valence-electron chi connectivity index (χ2n) is 4.78. The molecule has 4 heteroatoms. The van der Waals surface area contributed by atoms with Gasteiger partial charge in [0, 0.05) is 18.7 Å². The van der Waals surface area contributed by atoms with Crippen LogP contribution >= 0.6 is 11.8 Å². The Bertz CT molecular complexity index is 444. The molecule has 1 N–H and O–H groups in total. The van der Waals surface area contributed by atoms with Gasteiger partial charge in [0.1, 0.15) is 0 Å². The summed E-state index contributed by atoms with van der Waals surface area (Å²) in [6.45, 7) is 2.82. The Hall–Kier alpha value is -1.00. The van der Waals surface area contributed by atoms with E-state index in [0.717, 1.165) is 17.5 Å². The molecule has 0 unspecified atom stereocenters. The van der Waals surface area contributed by atoms with Crippen molar-refractivity contribution in [2.24, 2.45) is 4.99 Å². The Labute approximate surface area is 106 Å². The standard InChI is InChI=1S/C13H16N2OS/c1-13(16)9-11(10-5-3-2-4-6-10)15-7-8-17-12(15)14-13/h2-6,11,16H,7-9H2,1H3/t11-,13+/m0/s1. The molecule has 0 aromatic heterocycles. The van der Waals surface area contributed by atoms with Crippen LogP contribution in [0.25, 0.3) is 0 Å². The minimum Gasteiger partial charge on any atom is -0.369 e. The molecule has 1 aromatic rings. The fourth-order valence-corrected chi connectivity index (χ4v) is 3.62. The molecule has 2 aliphatic rings. The van der Waals surface area contributed by atoms with Gasteiger partial charge in [0.25, 0.3) is 0 Å². The molecule has 0 amide bonds. The second-order valence-corrected chi connectivity index (χ2v) is 5.85. The maximum absolute atomic E-state index is 10.2. The van der Waals surface area contributed by atoms with E-state index in [4.69, 9.17) is 0 Å². The summed E-state index contributed by atoms with van der Waals surface area (Å²) in [5, 5.41) is 11.2. The molecule has 90 valence electrons. The van der Waals surface area contributed by atoms with Crippen molar-refractivity contribution in [2.75, 3.05) is 12.3 Å². The van der Waals surface area contributed by atoms with Crippen LogP contribution in [-0.2, 0) is 0 Å². The summed E-state index contributed by atoms with van der Waals surface area (Å²) in [7, 11) is 0. The highest BCUT2D eigenvalue weighted by molar-refractivity contribution is 8.14. The first-order chi connectivity index (χ1) is 8.16. The average molecular weight is 248 g/mol. The normalized spacial score (nSPS) is 32.2. The third-order valence-corrected chi connectivity index (χ3v) is 4.26. The van der Waals surface area contributed by atoms with Crippen LogP contribution in [0, 0.1) is 0 Å². The molecular formula is C13H16N2OS. The van der Waals surface area contributed by atoms with E-state index in [1.165, 1.54) is 5.56 Å². The zero-order chi connectivity index (χ0) is 11.9. The van der Waals surface area contributed by atoms with Crippen molar-refractivity contribution in [3.05, 3.63) is 35.9 Å². The summed E-state index contributed by atoms with van der Waals surface area (Å²) in [5.74, 6) is 1.07. The highest BCUT2D eigenvalue weighted by atomic mass is 32.2. The number of hydrogen-bond donors (Lipinski definition) is 1. The first kappa shape index (κ1) is 11.1. The van der Waals surface area contributed by atoms with Crippen LogP contribution in [0.2, 0.25) is 0 Å². The Balaban J connectivity index is 1.98. The van der Waals surface area contributed by atoms with Crippen LogP contribution in [0.5, 0.6) is 0 Å². The topological polar surface area (TPSA) is 35.8 Å². The third kappa shape index (κ3) is 2.07. The molecule has 2 atom stereocenters. The Morgan fingerprint density at radius 2 is 2.18 bits per heavy atom. The van der Waals surface area contributed by atoms with E-state index in [1.54, 1.807) is 18.7 Å². The lowest BCUT2D eigenvalue weighted by molar-refractivity contribution is 0.0255. The van der Waals surface area contributed by atoms with Gasteiger partial charge in [-0.3, -0.25) is 0 Å². The molecule has 1 fully saturated rings. The lowest BCUT2D eigenvalue weighted by Crippen LogP contribution is -2.41. The largest absolute Gasteiger partial charge is 0.369 e. The predicted octanol–water partition coefficient (Wildman–Crippen LogP) is 2.24. The number of thioether (sulfide) groups is 1. The number of nitrogens with zero attached hydrogens (tertiary/aromatic N) is 2. The van der Waals surface area contributed by atoms with Crippen molar-refractivity contribution < 1.29 is 5.11 Å². The van der Waals surface area contributed by atoms with Gasteiger partial charge in [0.05, 0.1) is 6.04 Å².